The highest BCUT2D eigenvalue weighted by atomic mass is 16.5. The number of hydrogen-bond acceptors (Lipinski definition) is 3. The maximum atomic E-state index is 9.46. The van der Waals surface area contributed by atoms with Gasteiger partial charge >= 0.3 is 0 Å². The zero-order valence-corrected chi connectivity index (χ0v) is 7.66. The Morgan fingerprint density at radius 2 is 2.23 bits per heavy atom. The first-order valence-corrected chi connectivity index (χ1v) is 3.92. The van der Waals surface area contributed by atoms with Crippen LogP contribution in [0.25, 0.3) is 0 Å². The fourth-order valence-electron chi connectivity index (χ4n) is 1.29. The summed E-state index contributed by atoms with van der Waals surface area (Å²) in [6.45, 7) is 1.83. The van der Waals surface area contributed by atoms with Gasteiger partial charge in [0.25, 0.3) is 0 Å². The number of nitrogens with zero attached hydrogens (tertiary/aromatic N) is 1. The Labute approximate surface area is 77.2 Å². The number of rotatable bonds is 2. The minimum Gasteiger partial charge on any atom is -0.504 e. The number of benzene rings is 1. The molecule has 0 heterocycles. The number of methoxy groups -OCH3 is 1. The summed E-state index contributed by atoms with van der Waals surface area (Å²) in [5, 5.41) is 17.9. The van der Waals surface area contributed by atoms with E-state index < -0.39 is 0 Å². The molecule has 1 aromatic carbocycles. The van der Waals surface area contributed by atoms with Gasteiger partial charge in [0.1, 0.15) is 0 Å². The fourth-order valence-corrected chi connectivity index (χ4v) is 1.29. The van der Waals surface area contributed by atoms with Crippen molar-refractivity contribution in [2.75, 3.05) is 7.11 Å². The van der Waals surface area contributed by atoms with Crippen LogP contribution in [-0.2, 0) is 6.42 Å². The first-order chi connectivity index (χ1) is 6.19. The van der Waals surface area contributed by atoms with Crippen molar-refractivity contribution in [1.29, 1.82) is 5.26 Å². The van der Waals surface area contributed by atoms with E-state index >= 15 is 0 Å². The van der Waals surface area contributed by atoms with Gasteiger partial charge in [0.2, 0.25) is 0 Å². The Hall–Kier alpha value is -1.69. The molecule has 0 aromatic heterocycles. The summed E-state index contributed by atoms with van der Waals surface area (Å²) in [6.07, 6.45) is 0.304. The van der Waals surface area contributed by atoms with Crippen molar-refractivity contribution in [3.05, 3.63) is 23.3 Å². The van der Waals surface area contributed by atoms with Gasteiger partial charge in [0, 0.05) is 0 Å². The molecule has 0 aliphatic rings. The molecule has 0 unspecified atom stereocenters. The van der Waals surface area contributed by atoms with Crippen molar-refractivity contribution in [1.82, 2.24) is 0 Å². The van der Waals surface area contributed by atoms with Crippen LogP contribution in [0.5, 0.6) is 11.5 Å². The van der Waals surface area contributed by atoms with Crippen LogP contribution < -0.4 is 4.74 Å². The van der Waals surface area contributed by atoms with Crippen LogP contribution >= 0.6 is 0 Å². The predicted octanol–water partition coefficient (Wildman–Crippen LogP) is 1.78. The number of phenolic OH excluding ortho intramolecular Hbond substituents is 1. The Morgan fingerprint density at radius 3 is 2.69 bits per heavy atom. The van der Waals surface area contributed by atoms with Crippen molar-refractivity contribution in [3.63, 3.8) is 0 Å². The van der Waals surface area contributed by atoms with Crippen molar-refractivity contribution in [2.24, 2.45) is 0 Å². The molecule has 68 valence electrons. The molecule has 1 rings (SSSR count). The van der Waals surface area contributed by atoms with Crippen molar-refractivity contribution < 1.29 is 9.84 Å². The van der Waals surface area contributed by atoms with Crippen LogP contribution in [0.4, 0.5) is 0 Å². The molecular weight excluding hydrogens is 166 g/mol. The fraction of sp³-hybridized carbons (Fsp3) is 0.300. The molecule has 3 nitrogen and oxygen atoms in total. The van der Waals surface area contributed by atoms with Crippen molar-refractivity contribution in [2.45, 2.75) is 13.3 Å². The van der Waals surface area contributed by atoms with Crippen LogP contribution in [0, 0.1) is 18.3 Å². The Kier molecular flexibility index (Phi) is 2.76. The van der Waals surface area contributed by atoms with Gasteiger partial charge in [-0.05, 0) is 24.1 Å². The van der Waals surface area contributed by atoms with E-state index in [1.807, 2.05) is 19.1 Å². The van der Waals surface area contributed by atoms with Crippen LogP contribution in [0.15, 0.2) is 12.1 Å². The van der Waals surface area contributed by atoms with E-state index in [-0.39, 0.29) is 5.75 Å². The van der Waals surface area contributed by atoms with E-state index in [9.17, 15) is 5.11 Å². The molecule has 1 N–H and O–H groups in total. The van der Waals surface area contributed by atoms with E-state index in [1.54, 1.807) is 6.07 Å². The number of aromatic hydroxyl groups is 1. The molecule has 0 aliphatic heterocycles. The second-order valence-corrected chi connectivity index (χ2v) is 2.80. The number of phenols is 1. The third-order valence-corrected chi connectivity index (χ3v) is 1.80. The summed E-state index contributed by atoms with van der Waals surface area (Å²) in [5.41, 5.74) is 1.64. The Morgan fingerprint density at radius 1 is 1.54 bits per heavy atom. The topological polar surface area (TPSA) is 53.2 Å². The number of hydrogen-bond donors (Lipinski definition) is 1. The predicted molar refractivity (Wildman–Crippen MR) is 48.7 cm³/mol. The highest BCUT2D eigenvalue weighted by Crippen LogP contribution is 2.30. The van der Waals surface area contributed by atoms with Crippen molar-refractivity contribution >= 4 is 0 Å². The third kappa shape index (κ3) is 1.91. The van der Waals surface area contributed by atoms with E-state index in [0.717, 1.165) is 11.1 Å². The maximum absolute atomic E-state index is 9.46. The largest absolute Gasteiger partial charge is 0.504 e. The Balaban J connectivity index is 3.14. The summed E-state index contributed by atoms with van der Waals surface area (Å²) in [5.74, 6) is 0.564. The highest BCUT2D eigenvalue weighted by Gasteiger charge is 2.06. The molecule has 0 fully saturated rings. The lowest BCUT2D eigenvalue weighted by Crippen LogP contribution is -1.90. The Bertz CT molecular complexity index is 329. The highest BCUT2D eigenvalue weighted by molar-refractivity contribution is 5.48. The molecule has 0 bridgehead atoms. The van der Waals surface area contributed by atoms with Gasteiger partial charge in [0.15, 0.2) is 11.5 Å². The molecule has 0 aliphatic carbocycles. The number of ether oxygens (including phenoxy) is 1. The minimum absolute atomic E-state index is 0.0905. The number of aryl methyl sites for hydroxylation is 1. The number of nitriles is 1. The van der Waals surface area contributed by atoms with Crippen LogP contribution in [-0.4, -0.2) is 12.2 Å². The van der Waals surface area contributed by atoms with E-state index in [2.05, 4.69) is 0 Å². The monoisotopic (exact) mass is 177 g/mol. The van der Waals surface area contributed by atoms with E-state index in [1.165, 1.54) is 7.11 Å². The standard InChI is InChI=1S/C10H11NO2/c1-7-5-8(3-4-11)6-9(12)10(7)13-2/h5-6,12H,3H2,1-2H3. The summed E-state index contributed by atoms with van der Waals surface area (Å²) in [7, 11) is 1.51. The molecule has 13 heavy (non-hydrogen) atoms. The summed E-state index contributed by atoms with van der Waals surface area (Å²) in [4.78, 5) is 0. The molecule has 1 aromatic rings. The van der Waals surface area contributed by atoms with Gasteiger partial charge in [-0.15, -0.1) is 0 Å². The van der Waals surface area contributed by atoms with E-state index in [4.69, 9.17) is 10.00 Å². The lowest BCUT2D eigenvalue weighted by atomic mass is 10.1. The minimum atomic E-state index is 0.0905. The van der Waals surface area contributed by atoms with Crippen LogP contribution in [0.2, 0.25) is 0 Å². The lowest BCUT2D eigenvalue weighted by Gasteiger charge is -2.07. The normalized spacial score (nSPS) is 9.31. The van der Waals surface area contributed by atoms with Gasteiger partial charge in [-0.1, -0.05) is 6.07 Å². The SMILES string of the molecule is COc1c(C)cc(CC#N)cc1O. The molecule has 3 heteroatoms. The average molecular weight is 177 g/mol. The smallest absolute Gasteiger partial charge is 0.163 e. The first kappa shape index (κ1) is 9.40. The average Bonchev–Trinajstić information content (AvgIpc) is 2.04. The second-order valence-electron chi connectivity index (χ2n) is 2.80. The molecule has 0 saturated carbocycles. The summed E-state index contributed by atoms with van der Waals surface area (Å²) >= 11 is 0. The van der Waals surface area contributed by atoms with Gasteiger partial charge in [-0.25, -0.2) is 0 Å². The second kappa shape index (κ2) is 3.81. The zero-order chi connectivity index (χ0) is 9.84. The molecule has 0 saturated heterocycles. The van der Waals surface area contributed by atoms with Gasteiger partial charge in [-0.2, -0.15) is 5.26 Å². The molecule has 0 radical (unpaired) electrons. The first-order valence-electron chi connectivity index (χ1n) is 3.92. The molecule has 0 spiro atoms. The van der Waals surface area contributed by atoms with Gasteiger partial charge in [0.05, 0.1) is 19.6 Å². The maximum Gasteiger partial charge on any atom is 0.163 e. The van der Waals surface area contributed by atoms with Crippen LogP contribution in [0.3, 0.4) is 0 Å². The molecule has 0 atom stereocenters. The van der Waals surface area contributed by atoms with Gasteiger partial charge < -0.3 is 9.84 Å². The molecular formula is C10H11NO2. The van der Waals surface area contributed by atoms with Crippen molar-refractivity contribution in [3.8, 4) is 17.6 Å². The quantitative estimate of drug-likeness (QED) is 0.749. The van der Waals surface area contributed by atoms with Crippen LogP contribution in [0.1, 0.15) is 11.1 Å². The van der Waals surface area contributed by atoms with E-state index in [0.29, 0.717) is 12.2 Å². The zero-order valence-electron chi connectivity index (χ0n) is 7.66. The lowest BCUT2D eigenvalue weighted by molar-refractivity contribution is 0.370. The molecule has 0 amide bonds. The van der Waals surface area contributed by atoms with Gasteiger partial charge in [-0.3, -0.25) is 0 Å². The summed E-state index contributed by atoms with van der Waals surface area (Å²) in [6, 6.07) is 5.41. The third-order valence-electron chi connectivity index (χ3n) is 1.80. The summed E-state index contributed by atoms with van der Waals surface area (Å²) < 4.78 is 4.98.